The van der Waals surface area contributed by atoms with Gasteiger partial charge in [-0.25, -0.2) is 4.98 Å². The number of ether oxygens (including phenoxy) is 1. The molecule has 0 bridgehead atoms. The summed E-state index contributed by atoms with van der Waals surface area (Å²) in [6.45, 7) is 4.80. The van der Waals surface area contributed by atoms with Crippen LogP contribution in [0, 0.1) is 0 Å². The van der Waals surface area contributed by atoms with Gasteiger partial charge in [0.2, 0.25) is 5.91 Å². The first-order valence-corrected chi connectivity index (χ1v) is 10.6. The second-order valence-electron chi connectivity index (χ2n) is 7.25. The molecule has 1 aromatic heterocycles. The summed E-state index contributed by atoms with van der Waals surface area (Å²) >= 11 is 1.38. The number of carbonyl (C=O) groups excluding carboxylic acids is 1. The molecule has 4 rings (SSSR count). The molecule has 0 radical (unpaired) electrons. The minimum Gasteiger partial charge on any atom is -0.376 e. The van der Waals surface area contributed by atoms with Crippen LogP contribution in [0.4, 0.5) is 0 Å². The summed E-state index contributed by atoms with van der Waals surface area (Å²) in [6.07, 6.45) is 4.15. The number of benzene rings is 1. The third-order valence-corrected chi connectivity index (χ3v) is 6.36. The van der Waals surface area contributed by atoms with Gasteiger partial charge in [-0.2, -0.15) is 0 Å². The number of nitrogens with zero attached hydrogens (tertiary/aromatic N) is 3. The lowest BCUT2D eigenvalue weighted by atomic mass is 10.2. The van der Waals surface area contributed by atoms with Crippen LogP contribution in [0.1, 0.15) is 32.6 Å². The lowest BCUT2D eigenvalue weighted by Gasteiger charge is -2.21. The molecular weight excluding hydrogens is 362 g/mol. The fourth-order valence-electron chi connectivity index (χ4n) is 3.79. The van der Waals surface area contributed by atoms with E-state index < -0.39 is 0 Å². The Labute approximate surface area is 162 Å². The van der Waals surface area contributed by atoms with E-state index in [-0.39, 0.29) is 22.8 Å². The standard InChI is InChI=1S/C20H25N3O3S/c1-14(18(24)22-10-4-5-11-22)27-20-21-17-9-3-2-8-16(17)19(25)23(20)13-15-7-6-12-26-15/h2-3,8-9,14-15H,4-7,10-13H2,1H3/t14-,15-/m1/s1. The van der Waals surface area contributed by atoms with E-state index in [1.54, 1.807) is 4.57 Å². The maximum absolute atomic E-state index is 13.1. The van der Waals surface area contributed by atoms with Crippen LogP contribution >= 0.6 is 11.8 Å². The van der Waals surface area contributed by atoms with Crippen molar-refractivity contribution in [2.75, 3.05) is 19.7 Å². The van der Waals surface area contributed by atoms with E-state index in [4.69, 9.17) is 9.72 Å². The number of hydrogen-bond donors (Lipinski definition) is 0. The van der Waals surface area contributed by atoms with Crippen molar-refractivity contribution < 1.29 is 9.53 Å². The summed E-state index contributed by atoms with van der Waals surface area (Å²) in [7, 11) is 0. The van der Waals surface area contributed by atoms with Gasteiger partial charge in [-0.15, -0.1) is 0 Å². The molecular formula is C20H25N3O3S. The van der Waals surface area contributed by atoms with Crippen molar-refractivity contribution in [1.82, 2.24) is 14.5 Å². The lowest BCUT2D eigenvalue weighted by molar-refractivity contribution is -0.129. The highest BCUT2D eigenvalue weighted by Gasteiger charge is 2.27. The van der Waals surface area contributed by atoms with Crippen molar-refractivity contribution in [3.05, 3.63) is 34.6 Å². The van der Waals surface area contributed by atoms with E-state index in [0.29, 0.717) is 22.6 Å². The minimum absolute atomic E-state index is 0.0367. The molecule has 2 fully saturated rings. The Bertz CT molecular complexity index is 886. The van der Waals surface area contributed by atoms with Crippen molar-refractivity contribution in [1.29, 1.82) is 0 Å². The number of rotatable bonds is 5. The second-order valence-corrected chi connectivity index (χ2v) is 8.56. The highest BCUT2D eigenvalue weighted by atomic mass is 32.2. The topological polar surface area (TPSA) is 64.4 Å². The SMILES string of the molecule is C[C@@H](Sc1nc2ccccc2c(=O)n1C[C@H]1CCCO1)C(=O)N1CCCC1. The number of likely N-dealkylation sites (tertiary alicyclic amines) is 1. The predicted octanol–water partition coefficient (Wildman–Crippen LogP) is 2.68. The molecule has 144 valence electrons. The Morgan fingerprint density at radius 3 is 2.81 bits per heavy atom. The van der Waals surface area contributed by atoms with E-state index in [0.717, 1.165) is 45.4 Å². The normalized spacial score (nSPS) is 21.1. The molecule has 0 N–H and O–H groups in total. The van der Waals surface area contributed by atoms with Gasteiger partial charge in [-0.3, -0.25) is 14.2 Å². The van der Waals surface area contributed by atoms with Gasteiger partial charge in [0.25, 0.3) is 5.56 Å². The maximum Gasteiger partial charge on any atom is 0.262 e. The molecule has 0 aliphatic carbocycles. The van der Waals surface area contributed by atoms with Gasteiger partial charge in [-0.05, 0) is 44.7 Å². The predicted molar refractivity (Wildman–Crippen MR) is 106 cm³/mol. The zero-order chi connectivity index (χ0) is 18.8. The van der Waals surface area contributed by atoms with Gasteiger partial charge < -0.3 is 9.64 Å². The third-order valence-electron chi connectivity index (χ3n) is 5.28. The van der Waals surface area contributed by atoms with Crippen LogP contribution in [0.3, 0.4) is 0 Å². The first kappa shape index (κ1) is 18.5. The molecule has 2 aliphatic heterocycles. The van der Waals surface area contributed by atoms with Crippen molar-refractivity contribution >= 4 is 28.6 Å². The first-order chi connectivity index (χ1) is 13.1. The molecule has 0 saturated carbocycles. The Hall–Kier alpha value is -1.86. The number of amides is 1. The number of hydrogen-bond acceptors (Lipinski definition) is 5. The summed E-state index contributed by atoms with van der Waals surface area (Å²) in [6, 6.07) is 7.40. The highest BCUT2D eigenvalue weighted by molar-refractivity contribution is 8.00. The third kappa shape index (κ3) is 3.89. The number of fused-ring (bicyclic) bond motifs is 1. The molecule has 0 unspecified atom stereocenters. The Kier molecular flexibility index (Phi) is 5.50. The maximum atomic E-state index is 13.1. The smallest absolute Gasteiger partial charge is 0.262 e. The lowest BCUT2D eigenvalue weighted by Crippen LogP contribution is -2.35. The number of thioether (sulfide) groups is 1. The van der Waals surface area contributed by atoms with Crippen molar-refractivity contribution in [2.24, 2.45) is 0 Å². The van der Waals surface area contributed by atoms with Crippen LogP contribution in [0.15, 0.2) is 34.2 Å². The summed E-state index contributed by atoms with van der Waals surface area (Å²) in [5.74, 6) is 0.128. The summed E-state index contributed by atoms with van der Waals surface area (Å²) in [5, 5.41) is 0.944. The van der Waals surface area contributed by atoms with Crippen LogP contribution in [0.5, 0.6) is 0 Å². The van der Waals surface area contributed by atoms with Crippen molar-refractivity contribution in [3.8, 4) is 0 Å². The number of para-hydroxylation sites is 1. The van der Waals surface area contributed by atoms with Gasteiger partial charge in [0.1, 0.15) is 0 Å². The largest absolute Gasteiger partial charge is 0.376 e. The van der Waals surface area contributed by atoms with Crippen LogP contribution < -0.4 is 5.56 Å². The van der Waals surface area contributed by atoms with E-state index in [1.165, 1.54) is 11.8 Å². The van der Waals surface area contributed by atoms with Crippen LogP contribution in [0.25, 0.3) is 10.9 Å². The molecule has 2 atom stereocenters. The second kappa shape index (κ2) is 8.02. The van der Waals surface area contributed by atoms with E-state index >= 15 is 0 Å². The van der Waals surface area contributed by atoms with Gasteiger partial charge >= 0.3 is 0 Å². The monoisotopic (exact) mass is 387 g/mol. The molecule has 1 amide bonds. The van der Waals surface area contributed by atoms with Crippen LogP contribution in [-0.2, 0) is 16.1 Å². The van der Waals surface area contributed by atoms with Gasteiger partial charge in [-0.1, -0.05) is 23.9 Å². The van der Waals surface area contributed by atoms with Crippen molar-refractivity contribution in [2.45, 2.75) is 55.7 Å². The zero-order valence-corrected chi connectivity index (χ0v) is 16.4. The average molecular weight is 388 g/mol. The average Bonchev–Trinajstić information content (AvgIpc) is 3.38. The van der Waals surface area contributed by atoms with Gasteiger partial charge in [0.15, 0.2) is 5.16 Å². The number of carbonyl (C=O) groups is 1. The summed E-state index contributed by atoms with van der Waals surface area (Å²) in [5.41, 5.74) is 0.619. The highest BCUT2D eigenvalue weighted by Crippen LogP contribution is 2.26. The van der Waals surface area contributed by atoms with E-state index in [9.17, 15) is 9.59 Å². The van der Waals surface area contributed by atoms with E-state index in [1.807, 2.05) is 36.1 Å². The van der Waals surface area contributed by atoms with Gasteiger partial charge in [0.05, 0.1) is 28.8 Å². The first-order valence-electron chi connectivity index (χ1n) is 9.70. The van der Waals surface area contributed by atoms with Crippen LogP contribution in [0.2, 0.25) is 0 Å². The minimum atomic E-state index is -0.271. The Morgan fingerprint density at radius 2 is 2.07 bits per heavy atom. The molecule has 1 aromatic carbocycles. The quantitative estimate of drug-likeness (QED) is 0.583. The van der Waals surface area contributed by atoms with E-state index in [2.05, 4.69) is 0 Å². The molecule has 0 spiro atoms. The van der Waals surface area contributed by atoms with Gasteiger partial charge in [0, 0.05) is 19.7 Å². The van der Waals surface area contributed by atoms with Crippen molar-refractivity contribution in [3.63, 3.8) is 0 Å². The molecule has 3 heterocycles. The summed E-state index contributed by atoms with van der Waals surface area (Å²) < 4.78 is 7.45. The number of aromatic nitrogens is 2. The summed E-state index contributed by atoms with van der Waals surface area (Å²) in [4.78, 5) is 32.5. The Morgan fingerprint density at radius 1 is 1.30 bits per heavy atom. The molecule has 2 aliphatic rings. The molecule has 27 heavy (non-hydrogen) atoms. The fourth-order valence-corrected chi connectivity index (χ4v) is 4.80. The molecule has 2 saturated heterocycles. The molecule has 6 nitrogen and oxygen atoms in total. The van der Waals surface area contributed by atoms with Crippen LogP contribution in [-0.4, -0.2) is 51.4 Å². The fraction of sp³-hybridized carbons (Fsp3) is 0.550. The molecule has 2 aromatic rings. The zero-order valence-electron chi connectivity index (χ0n) is 15.6. The molecule has 7 heteroatoms. The Balaban J connectivity index is 1.66.